The summed E-state index contributed by atoms with van der Waals surface area (Å²) in [6.07, 6.45) is 0. The molecule has 2 aliphatic rings. The van der Waals surface area contributed by atoms with Gasteiger partial charge in [0.2, 0.25) is 0 Å². The van der Waals surface area contributed by atoms with E-state index in [-0.39, 0.29) is 10.8 Å². The van der Waals surface area contributed by atoms with Gasteiger partial charge in [-0.3, -0.25) is 0 Å². The molecule has 0 N–H and O–H groups in total. The molecule has 0 saturated heterocycles. The minimum atomic E-state index is -0.0355. The maximum atomic E-state index is 6.83. The summed E-state index contributed by atoms with van der Waals surface area (Å²) in [5, 5.41) is 0.782. The van der Waals surface area contributed by atoms with Crippen molar-refractivity contribution < 1.29 is 0 Å². The minimum absolute atomic E-state index is 0.0183. The van der Waals surface area contributed by atoms with Gasteiger partial charge in [0.25, 0.3) is 0 Å². The SMILES string of the molecule is CC1(C)c2ccccc2-c2cc(-c3ccc(Cl)c(-c4ccc5c(c4)C(C)(C)c4ccccc4-5)c3)ccc21. The highest BCUT2D eigenvalue weighted by Crippen LogP contribution is 2.51. The molecule has 0 aromatic heterocycles. The second kappa shape index (κ2) is 7.70. The average Bonchev–Trinajstić information content (AvgIpc) is 3.28. The predicted octanol–water partition coefficient (Wildman–Crippen LogP) is 10.3. The van der Waals surface area contributed by atoms with E-state index in [4.69, 9.17) is 11.6 Å². The van der Waals surface area contributed by atoms with Gasteiger partial charge in [-0.1, -0.05) is 118 Å². The number of hydrogen-bond donors (Lipinski definition) is 0. The molecule has 7 rings (SSSR count). The van der Waals surface area contributed by atoms with Crippen molar-refractivity contribution in [1.82, 2.24) is 0 Å². The zero-order chi connectivity index (χ0) is 25.5. The summed E-state index contributed by atoms with van der Waals surface area (Å²) in [5.74, 6) is 0. The summed E-state index contributed by atoms with van der Waals surface area (Å²) in [6.45, 7) is 9.30. The lowest BCUT2D eigenvalue weighted by molar-refractivity contribution is 0.660. The lowest BCUT2D eigenvalue weighted by atomic mass is 9.81. The first-order valence-electron chi connectivity index (χ1n) is 13.1. The number of rotatable bonds is 2. The largest absolute Gasteiger partial charge is 0.0837 e. The van der Waals surface area contributed by atoms with Crippen molar-refractivity contribution in [2.45, 2.75) is 38.5 Å². The van der Waals surface area contributed by atoms with Gasteiger partial charge in [0, 0.05) is 21.4 Å². The van der Waals surface area contributed by atoms with Crippen molar-refractivity contribution in [3.8, 4) is 44.5 Å². The fourth-order valence-corrected chi connectivity index (χ4v) is 6.92. The monoisotopic (exact) mass is 496 g/mol. The highest BCUT2D eigenvalue weighted by atomic mass is 35.5. The molecule has 0 atom stereocenters. The molecule has 0 spiro atoms. The summed E-state index contributed by atoms with van der Waals surface area (Å²) in [7, 11) is 0. The van der Waals surface area contributed by atoms with Crippen molar-refractivity contribution in [1.29, 1.82) is 0 Å². The molecular formula is C36H29Cl. The fraction of sp³-hybridized carbons (Fsp3) is 0.167. The van der Waals surface area contributed by atoms with Crippen LogP contribution in [-0.4, -0.2) is 0 Å². The van der Waals surface area contributed by atoms with Gasteiger partial charge < -0.3 is 0 Å². The summed E-state index contributed by atoms with van der Waals surface area (Å²) >= 11 is 6.83. The second-order valence-corrected chi connectivity index (χ2v) is 12.0. The quantitative estimate of drug-likeness (QED) is 0.228. The predicted molar refractivity (Wildman–Crippen MR) is 157 cm³/mol. The van der Waals surface area contributed by atoms with E-state index < -0.39 is 0 Å². The van der Waals surface area contributed by atoms with Crippen molar-refractivity contribution in [2.75, 3.05) is 0 Å². The van der Waals surface area contributed by atoms with E-state index in [2.05, 4.69) is 125 Å². The van der Waals surface area contributed by atoms with Crippen molar-refractivity contribution >= 4 is 11.6 Å². The third-order valence-corrected chi connectivity index (χ3v) is 9.11. The molecule has 0 aliphatic heterocycles. The standard InChI is InChI=1S/C36H29Cl/c1-35(2)31-12-8-6-10-26(31)29-20-22(14-17-32(29)35)23-15-18-34(37)28(19-23)24-13-16-27-25-9-5-7-11-30(25)36(3,4)33(27)21-24/h5-21H,1-4H3. The Kier molecular flexibility index (Phi) is 4.70. The third kappa shape index (κ3) is 3.15. The van der Waals surface area contributed by atoms with E-state index in [1.165, 1.54) is 61.2 Å². The van der Waals surface area contributed by atoms with Gasteiger partial charge in [-0.25, -0.2) is 0 Å². The first-order valence-corrected chi connectivity index (χ1v) is 13.4. The Hall–Kier alpha value is -3.61. The van der Waals surface area contributed by atoms with Crippen LogP contribution < -0.4 is 0 Å². The van der Waals surface area contributed by atoms with Gasteiger partial charge >= 0.3 is 0 Å². The molecule has 0 amide bonds. The topological polar surface area (TPSA) is 0 Å². The molecule has 5 aromatic carbocycles. The van der Waals surface area contributed by atoms with Crippen LogP contribution in [0.1, 0.15) is 49.9 Å². The molecular weight excluding hydrogens is 468 g/mol. The normalized spacial score (nSPS) is 15.6. The Balaban J connectivity index is 1.34. The Morgan fingerprint density at radius 2 is 0.892 bits per heavy atom. The van der Waals surface area contributed by atoms with Crippen LogP contribution in [0.25, 0.3) is 44.5 Å². The molecule has 0 heterocycles. The molecule has 0 saturated carbocycles. The molecule has 1 heteroatoms. The molecule has 0 unspecified atom stereocenters. The van der Waals surface area contributed by atoms with Crippen LogP contribution >= 0.6 is 11.6 Å². The molecule has 5 aromatic rings. The van der Waals surface area contributed by atoms with Gasteiger partial charge in [-0.05, 0) is 85.5 Å². The van der Waals surface area contributed by atoms with Gasteiger partial charge in [0.05, 0.1) is 0 Å². The van der Waals surface area contributed by atoms with E-state index in [0.29, 0.717) is 0 Å². The van der Waals surface area contributed by atoms with Crippen LogP contribution in [0.5, 0.6) is 0 Å². The fourth-order valence-electron chi connectivity index (χ4n) is 6.70. The number of halogens is 1. The number of fused-ring (bicyclic) bond motifs is 6. The van der Waals surface area contributed by atoms with Crippen molar-refractivity contribution in [3.05, 3.63) is 130 Å². The number of benzene rings is 5. The van der Waals surface area contributed by atoms with Crippen LogP contribution in [0.3, 0.4) is 0 Å². The zero-order valence-electron chi connectivity index (χ0n) is 21.7. The van der Waals surface area contributed by atoms with Crippen LogP contribution in [0.2, 0.25) is 5.02 Å². The van der Waals surface area contributed by atoms with Crippen LogP contribution in [0, 0.1) is 0 Å². The lowest BCUT2D eigenvalue weighted by Crippen LogP contribution is -2.14. The van der Waals surface area contributed by atoms with Gasteiger partial charge in [-0.2, -0.15) is 0 Å². The van der Waals surface area contributed by atoms with Gasteiger partial charge in [0.15, 0.2) is 0 Å². The average molecular weight is 497 g/mol. The van der Waals surface area contributed by atoms with Crippen molar-refractivity contribution in [2.24, 2.45) is 0 Å². The van der Waals surface area contributed by atoms with Gasteiger partial charge in [-0.15, -0.1) is 0 Å². The first kappa shape index (κ1) is 22.6. The molecule has 180 valence electrons. The first-order chi connectivity index (χ1) is 17.8. The van der Waals surface area contributed by atoms with E-state index in [9.17, 15) is 0 Å². The molecule has 2 aliphatic carbocycles. The van der Waals surface area contributed by atoms with Gasteiger partial charge in [0.1, 0.15) is 0 Å². The van der Waals surface area contributed by atoms with E-state index in [1.54, 1.807) is 0 Å². The number of hydrogen-bond acceptors (Lipinski definition) is 0. The Labute approximate surface area is 224 Å². The molecule has 0 radical (unpaired) electrons. The summed E-state index contributed by atoms with van der Waals surface area (Å²) in [6, 6.07) is 37.8. The van der Waals surface area contributed by atoms with Crippen LogP contribution in [-0.2, 0) is 10.8 Å². The third-order valence-electron chi connectivity index (χ3n) is 8.78. The smallest absolute Gasteiger partial charge is 0.0484 e. The van der Waals surface area contributed by atoms with E-state index >= 15 is 0 Å². The summed E-state index contributed by atoms with van der Waals surface area (Å²) in [4.78, 5) is 0. The van der Waals surface area contributed by atoms with E-state index in [0.717, 1.165) is 10.6 Å². The van der Waals surface area contributed by atoms with E-state index in [1.807, 2.05) is 6.07 Å². The molecule has 37 heavy (non-hydrogen) atoms. The summed E-state index contributed by atoms with van der Waals surface area (Å²) < 4.78 is 0. The Bertz CT molecular complexity index is 1730. The Morgan fingerprint density at radius 1 is 0.405 bits per heavy atom. The van der Waals surface area contributed by atoms with Crippen molar-refractivity contribution in [3.63, 3.8) is 0 Å². The molecule has 0 nitrogen and oxygen atoms in total. The maximum Gasteiger partial charge on any atom is 0.0484 e. The highest BCUT2D eigenvalue weighted by molar-refractivity contribution is 6.33. The van der Waals surface area contributed by atoms with Crippen LogP contribution in [0.15, 0.2) is 103 Å². The molecule has 0 bridgehead atoms. The lowest BCUT2D eigenvalue weighted by Gasteiger charge is -2.22. The summed E-state index contributed by atoms with van der Waals surface area (Å²) in [5.41, 5.74) is 15.5. The minimum Gasteiger partial charge on any atom is -0.0837 e. The molecule has 0 fully saturated rings. The Morgan fingerprint density at radius 3 is 1.59 bits per heavy atom. The highest BCUT2D eigenvalue weighted by Gasteiger charge is 2.36. The maximum absolute atomic E-state index is 6.83. The van der Waals surface area contributed by atoms with Crippen LogP contribution in [0.4, 0.5) is 0 Å². The zero-order valence-corrected chi connectivity index (χ0v) is 22.4. The second-order valence-electron chi connectivity index (χ2n) is 11.6.